The van der Waals surface area contributed by atoms with Crippen LogP contribution in [0.5, 0.6) is 0 Å². The Morgan fingerprint density at radius 3 is 2.43 bits per heavy atom. The lowest BCUT2D eigenvalue weighted by atomic mass is 10.2. The van der Waals surface area contributed by atoms with E-state index in [1.807, 2.05) is 37.3 Å². The van der Waals surface area contributed by atoms with Gasteiger partial charge in [-0.05, 0) is 44.0 Å². The molecule has 1 aromatic heterocycles. The van der Waals surface area contributed by atoms with Crippen molar-refractivity contribution in [2.75, 3.05) is 10.6 Å². The van der Waals surface area contributed by atoms with Crippen molar-refractivity contribution in [3.8, 4) is 0 Å². The summed E-state index contributed by atoms with van der Waals surface area (Å²) >= 11 is 5.90. The average Bonchev–Trinajstić information content (AvgIpc) is 2.93. The number of hydrogen-bond donors (Lipinski definition) is 2. The normalized spacial score (nSPS) is 15.1. The van der Waals surface area contributed by atoms with Crippen molar-refractivity contribution in [3.05, 3.63) is 41.2 Å². The maximum Gasteiger partial charge on any atom is 0.136 e. The zero-order valence-corrected chi connectivity index (χ0v) is 12.8. The summed E-state index contributed by atoms with van der Waals surface area (Å²) in [5.41, 5.74) is 0.962. The molecular weight excluding hydrogens is 284 g/mol. The summed E-state index contributed by atoms with van der Waals surface area (Å²) in [4.78, 5) is 8.90. The van der Waals surface area contributed by atoms with Gasteiger partial charge in [0, 0.05) is 22.8 Å². The van der Waals surface area contributed by atoms with Gasteiger partial charge in [-0.25, -0.2) is 9.97 Å². The van der Waals surface area contributed by atoms with Gasteiger partial charge in [0.1, 0.15) is 17.5 Å². The lowest BCUT2D eigenvalue weighted by molar-refractivity contribution is 0.748. The molecule has 0 bridgehead atoms. The number of halogens is 1. The van der Waals surface area contributed by atoms with Gasteiger partial charge < -0.3 is 10.6 Å². The van der Waals surface area contributed by atoms with Gasteiger partial charge in [0.2, 0.25) is 0 Å². The van der Waals surface area contributed by atoms with Crippen LogP contribution in [0.4, 0.5) is 17.3 Å². The molecule has 0 unspecified atom stereocenters. The molecule has 0 atom stereocenters. The highest BCUT2D eigenvalue weighted by molar-refractivity contribution is 6.30. The van der Waals surface area contributed by atoms with Crippen LogP contribution in [0.25, 0.3) is 0 Å². The van der Waals surface area contributed by atoms with E-state index in [0.717, 1.165) is 28.2 Å². The molecule has 4 nitrogen and oxygen atoms in total. The fraction of sp³-hybridized carbons (Fsp3) is 0.375. The Bertz CT molecular complexity index is 606. The van der Waals surface area contributed by atoms with Crippen molar-refractivity contribution in [1.29, 1.82) is 0 Å². The second kappa shape index (κ2) is 6.31. The highest BCUT2D eigenvalue weighted by atomic mass is 35.5. The third-order valence-electron chi connectivity index (χ3n) is 3.66. The largest absolute Gasteiger partial charge is 0.367 e. The van der Waals surface area contributed by atoms with Crippen LogP contribution in [-0.4, -0.2) is 16.0 Å². The number of aromatic nitrogens is 2. The fourth-order valence-corrected chi connectivity index (χ4v) is 2.79. The summed E-state index contributed by atoms with van der Waals surface area (Å²) in [5, 5.41) is 7.52. The predicted octanol–water partition coefficient (Wildman–Crippen LogP) is 4.54. The van der Waals surface area contributed by atoms with Crippen LogP contribution >= 0.6 is 11.6 Å². The summed E-state index contributed by atoms with van der Waals surface area (Å²) < 4.78 is 0. The molecule has 3 rings (SSSR count). The Morgan fingerprint density at radius 2 is 1.71 bits per heavy atom. The first kappa shape index (κ1) is 14.1. The first-order valence-electron chi connectivity index (χ1n) is 7.34. The van der Waals surface area contributed by atoms with Crippen molar-refractivity contribution in [3.63, 3.8) is 0 Å². The standard InChI is InChI=1S/C16H19ClN4/c1-11-18-15(20-13-4-2-3-5-13)10-16(19-11)21-14-8-6-12(17)7-9-14/h6-10,13H,2-5H2,1H3,(H2,18,19,20,21). The number of nitrogens with one attached hydrogen (secondary N) is 2. The Kier molecular flexibility index (Phi) is 4.25. The molecule has 21 heavy (non-hydrogen) atoms. The van der Waals surface area contributed by atoms with E-state index in [2.05, 4.69) is 20.6 Å². The maximum atomic E-state index is 5.90. The second-order valence-electron chi connectivity index (χ2n) is 5.44. The van der Waals surface area contributed by atoms with Crippen molar-refractivity contribution >= 4 is 28.9 Å². The summed E-state index contributed by atoms with van der Waals surface area (Å²) in [7, 11) is 0. The summed E-state index contributed by atoms with van der Waals surface area (Å²) in [5.74, 6) is 2.45. The van der Waals surface area contributed by atoms with Gasteiger partial charge in [-0.3, -0.25) is 0 Å². The molecule has 0 saturated heterocycles. The van der Waals surface area contributed by atoms with Gasteiger partial charge in [-0.15, -0.1) is 0 Å². The first-order chi connectivity index (χ1) is 10.2. The van der Waals surface area contributed by atoms with E-state index in [0.29, 0.717) is 6.04 Å². The smallest absolute Gasteiger partial charge is 0.136 e. The van der Waals surface area contributed by atoms with E-state index in [1.54, 1.807) is 0 Å². The molecular formula is C16H19ClN4. The topological polar surface area (TPSA) is 49.8 Å². The number of anilines is 3. The minimum absolute atomic E-state index is 0.544. The van der Waals surface area contributed by atoms with Gasteiger partial charge in [-0.2, -0.15) is 0 Å². The second-order valence-corrected chi connectivity index (χ2v) is 5.88. The molecule has 2 N–H and O–H groups in total. The van der Waals surface area contributed by atoms with E-state index in [9.17, 15) is 0 Å². The van der Waals surface area contributed by atoms with E-state index in [4.69, 9.17) is 11.6 Å². The lowest BCUT2D eigenvalue weighted by Gasteiger charge is -2.14. The maximum absolute atomic E-state index is 5.90. The molecule has 1 heterocycles. The Hall–Kier alpha value is -1.81. The van der Waals surface area contributed by atoms with Crippen LogP contribution in [0, 0.1) is 6.92 Å². The van der Waals surface area contributed by atoms with Crippen LogP contribution in [-0.2, 0) is 0 Å². The fourth-order valence-electron chi connectivity index (χ4n) is 2.67. The summed E-state index contributed by atoms with van der Waals surface area (Å²) in [6, 6.07) is 10.1. The van der Waals surface area contributed by atoms with Crippen molar-refractivity contribution in [1.82, 2.24) is 9.97 Å². The SMILES string of the molecule is Cc1nc(Nc2ccc(Cl)cc2)cc(NC2CCCC2)n1. The molecule has 1 aliphatic rings. The molecule has 1 saturated carbocycles. The van der Waals surface area contributed by atoms with E-state index in [1.165, 1.54) is 25.7 Å². The van der Waals surface area contributed by atoms with Gasteiger partial charge in [0.25, 0.3) is 0 Å². The number of rotatable bonds is 4. The summed E-state index contributed by atoms with van der Waals surface area (Å²) in [6.07, 6.45) is 5.06. The van der Waals surface area contributed by atoms with Gasteiger partial charge in [-0.1, -0.05) is 24.4 Å². The van der Waals surface area contributed by atoms with Crippen LogP contribution in [0.3, 0.4) is 0 Å². The Balaban J connectivity index is 1.75. The highest BCUT2D eigenvalue weighted by Crippen LogP contribution is 2.23. The lowest BCUT2D eigenvalue weighted by Crippen LogP contribution is -2.16. The monoisotopic (exact) mass is 302 g/mol. The molecule has 2 aromatic rings. The van der Waals surface area contributed by atoms with Crippen LogP contribution < -0.4 is 10.6 Å². The quantitative estimate of drug-likeness (QED) is 0.871. The minimum atomic E-state index is 0.544. The third-order valence-corrected chi connectivity index (χ3v) is 3.91. The molecule has 0 radical (unpaired) electrons. The molecule has 0 spiro atoms. The minimum Gasteiger partial charge on any atom is -0.367 e. The van der Waals surface area contributed by atoms with E-state index < -0.39 is 0 Å². The predicted molar refractivity (Wildman–Crippen MR) is 87.4 cm³/mol. The number of hydrogen-bond acceptors (Lipinski definition) is 4. The third kappa shape index (κ3) is 3.85. The van der Waals surface area contributed by atoms with Gasteiger partial charge in [0.15, 0.2) is 0 Å². The summed E-state index contributed by atoms with van der Waals surface area (Å²) in [6.45, 7) is 1.91. The van der Waals surface area contributed by atoms with Crippen LogP contribution in [0.2, 0.25) is 5.02 Å². The van der Waals surface area contributed by atoms with Gasteiger partial charge in [0.05, 0.1) is 0 Å². The Morgan fingerprint density at radius 1 is 1.05 bits per heavy atom. The molecule has 1 fully saturated rings. The number of nitrogens with zero attached hydrogens (tertiary/aromatic N) is 2. The zero-order chi connectivity index (χ0) is 14.7. The van der Waals surface area contributed by atoms with Crippen LogP contribution in [0.15, 0.2) is 30.3 Å². The first-order valence-corrected chi connectivity index (χ1v) is 7.72. The average molecular weight is 303 g/mol. The highest BCUT2D eigenvalue weighted by Gasteiger charge is 2.15. The number of aryl methyl sites for hydroxylation is 1. The van der Waals surface area contributed by atoms with E-state index in [-0.39, 0.29) is 0 Å². The molecule has 1 aliphatic carbocycles. The Labute approximate surface area is 130 Å². The van der Waals surface area contributed by atoms with Crippen molar-refractivity contribution < 1.29 is 0 Å². The molecule has 0 amide bonds. The van der Waals surface area contributed by atoms with Crippen molar-refractivity contribution in [2.45, 2.75) is 38.6 Å². The zero-order valence-electron chi connectivity index (χ0n) is 12.1. The molecule has 5 heteroatoms. The van der Waals surface area contributed by atoms with Gasteiger partial charge >= 0.3 is 0 Å². The molecule has 1 aromatic carbocycles. The molecule has 110 valence electrons. The number of benzene rings is 1. The van der Waals surface area contributed by atoms with Crippen LogP contribution in [0.1, 0.15) is 31.5 Å². The molecule has 0 aliphatic heterocycles. The van der Waals surface area contributed by atoms with E-state index >= 15 is 0 Å². The van der Waals surface area contributed by atoms with Crippen molar-refractivity contribution in [2.24, 2.45) is 0 Å².